The maximum Gasteiger partial charge on any atom is 0.416 e. The van der Waals surface area contributed by atoms with Gasteiger partial charge in [-0.2, -0.15) is 13.2 Å². The summed E-state index contributed by atoms with van der Waals surface area (Å²) >= 11 is 0. The molecule has 0 saturated heterocycles. The summed E-state index contributed by atoms with van der Waals surface area (Å²) in [5.74, 6) is 1.40. The molecule has 2 aromatic carbocycles. The molecule has 0 aromatic heterocycles. The van der Waals surface area contributed by atoms with Crippen molar-refractivity contribution in [1.29, 1.82) is 0 Å². The Bertz CT molecular complexity index is 757. The van der Waals surface area contributed by atoms with Crippen molar-refractivity contribution in [2.24, 2.45) is 0 Å². The first kappa shape index (κ1) is 18.6. The van der Waals surface area contributed by atoms with Crippen molar-refractivity contribution < 1.29 is 28.0 Å². The van der Waals surface area contributed by atoms with Crippen molar-refractivity contribution >= 4 is 0 Å². The zero-order valence-corrected chi connectivity index (χ0v) is 14.9. The second kappa shape index (κ2) is 7.58. The monoisotopic (exact) mass is 366 g/mol. The molecule has 0 spiro atoms. The van der Waals surface area contributed by atoms with Gasteiger partial charge >= 0.3 is 6.18 Å². The molecule has 1 aliphatic rings. The van der Waals surface area contributed by atoms with Crippen molar-refractivity contribution in [3.05, 3.63) is 58.7 Å². The fourth-order valence-electron chi connectivity index (χ4n) is 3.39. The van der Waals surface area contributed by atoms with Gasteiger partial charge in [0, 0.05) is 17.5 Å². The van der Waals surface area contributed by atoms with Crippen molar-refractivity contribution in [2.45, 2.75) is 32.5 Å². The molecule has 0 saturated carbocycles. The SMILES string of the molecule is CCOc1cc2c(cc1OCC)[C@@H](c1ccc(C(F)(F)F)cc1)[NH2+]CC2. The molecule has 0 radical (unpaired) electrons. The Morgan fingerprint density at radius 1 is 1.00 bits per heavy atom. The molecule has 0 aliphatic carbocycles. The third-order valence-electron chi connectivity index (χ3n) is 4.55. The molecule has 2 N–H and O–H groups in total. The molecule has 1 atom stereocenters. The van der Waals surface area contributed by atoms with E-state index >= 15 is 0 Å². The van der Waals surface area contributed by atoms with Gasteiger partial charge in [0.1, 0.15) is 6.04 Å². The minimum absolute atomic E-state index is 0.0454. The lowest BCUT2D eigenvalue weighted by atomic mass is 9.89. The Morgan fingerprint density at radius 3 is 2.19 bits per heavy atom. The van der Waals surface area contributed by atoms with E-state index in [1.807, 2.05) is 26.0 Å². The van der Waals surface area contributed by atoms with E-state index < -0.39 is 11.7 Å². The Kier molecular flexibility index (Phi) is 5.41. The van der Waals surface area contributed by atoms with Crippen molar-refractivity contribution in [3.8, 4) is 11.5 Å². The third-order valence-corrected chi connectivity index (χ3v) is 4.55. The molecular formula is C20H23F3NO2+. The number of nitrogens with two attached hydrogens (primary N) is 1. The summed E-state index contributed by atoms with van der Waals surface area (Å²) in [6, 6.07) is 9.36. The van der Waals surface area contributed by atoms with E-state index in [1.54, 1.807) is 12.1 Å². The van der Waals surface area contributed by atoms with Gasteiger partial charge in [-0.1, -0.05) is 12.1 Å². The van der Waals surface area contributed by atoms with Crippen LogP contribution in [-0.2, 0) is 12.6 Å². The number of hydrogen-bond donors (Lipinski definition) is 1. The second-order valence-electron chi connectivity index (χ2n) is 6.24. The first-order chi connectivity index (χ1) is 12.4. The fraction of sp³-hybridized carbons (Fsp3) is 0.400. The number of alkyl halides is 3. The highest BCUT2D eigenvalue weighted by Gasteiger charge is 2.32. The van der Waals surface area contributed by atoms with Crippen LogP contribution in [0.1, 0.15) is 42.1 Å². The van der Waals surface area contributed by atoms with Crippen LogP contribution in [0, 0.1) is 0 Å². The number of ether oxygens (including phenoxy) is 2. The molecule has 3 nitrogen and oxygen atoms in total. The van der Waals surface area contributed by atoms with Gasteiger partial charge in [0.05, 0.1) is 25.3 Å². The predicted octanol–water partition coefficient (Wildman–Crippen LogP) is 3.71. The quantitative estimate of drug-likeness (QED) is 0.876. The Balaban J connectivity index is 1.98. The minimum Gasteiger partial charge on any atom is -0.490 e. The normalized spacial score (nSPS) is 16.9. The van der Waals surface area contributed by atoms with Crippen molar-refractivity contribution in [3.63, 3.8) is 0 Å². The number of fused-ring (bicyclic) bond motifs is 1. The lowest BCUT2D eigenvalue weighted by Crippen LogP contribution is -2.87. The summed E-state index contributed by atoms with van der Waals surface area (Å²) in [5, 5.41) is 2.15. The van der Waals surface area contributed by atoms with Crippen LogP contribution in [0.3, 0.4) is 0 Å². The van der Waals surface area contributed by atoms with E-state index in [0.717, 1.165) is 47.5 Å². The molecule has 0 unspecified atom stereocenters. The zero-order valence-electron chi connectivity index (χ0n) is 14.9. The van der Waals surface area contributed by atoms with Crippen LogP contribution >= 0.6 is 0 Å². The standard InChI is InChI=1S/C20H22F3NO2/c1-3-25-17-11-14-9-10-24-19(16(14)12-18(17)26-4-2)13-5-7-15(8-6-13)20(21,22)23/h5-8,11-12,19,24H,3-4,9-10H2,1-2H3/p+1/t19-/m1/s1. The largest absolute Gasteiger partial charge is 0.490 e. The van der Waals surface area contributed by atoms with Gasteiger partial charge in [0.2, 0.25) is 0 Å². The first-order valence-corrected chi connectivity index (χ1v) is 8.87. The molecular weight excluding hydrogens is 343 g/mol. The van der Waals surface area contributed by atoms with Gasteiger partial charge in [0.15, 0.2) is 11.5 Å². The molecule has 2 aromatic rings. The average molecular weight is 366 g/mol. The van der Waals surface area contributed by atoms with Crippen LogP contribution in [0.5, 0.6) is 11.5 Å². The summed E-state index contributed by atoms with van der Waals surface area (Å²) in [6.45, 7) is 5.78. The van der Waals surface area contributed by atoms with Gasteiger partial charge in [0.25, 0.3) is 0 Å². The molecule has 0 amide bonds. The van der Waals surface area contributed by atoms with Crippen molar-refractivity contribution in [1.82, 2.24) is 0 Å². The van der Waals surface area contributed by atoms with Crippen LogP contribution in [0.2, 0.25) is 0 Å². The molecule has 3 rings (SSSR count). The molecule has 0 bridgehead atoms. The van der Waals surface area contributed by atoms with Gasteiger partial charge in [-0.05, 0) is 43.7 Å². The highest BCUT2D eigenvalue weighted by Crippen LogP contribution is 2.37. The van der Waals surface area contributed by atoms with Gasteiger partial charge in [-0.25, -0.2) is 0 Å². The summed E-state index contributed by atoms with van der Waals surface area (Å²) in [6.07, 6.45) is -3.43. The van der Waals surface area contributed by atoms with E-state index in [1.165, 1.54) is 0 Å². The van der Waals surface area contributed by atoms with Crippen molar-refractivity contribution in [2.75, 3.05) is 19.8 Å². The zero-order chi connectivity index (χ0) is 18.7. The summed E-state index contributed by atoms with van der Waals surface area (Å²) in [7, 11) is 0. The molecule has 1 aliphatic heterocycles. The van der Waals surface area contributed by atoms with Gasteiger partial charge < -0.3 is 14.8 Å². The Morgan fingerprint density at radius 2 is 1.62 bits per heavy atom. The number of benzene rings is 2. The highest BCUT2D eigenvalue weighted by molar-refractivity contribution is 5.50. The molecule has 6 heteroatoms. The highest BCUT2D eigenvalue weighted by atomic mass is 19.4. The maximum absolute atomic E-state index is 12.8. The smallest absolute Gasteiger partial charge is 0.416 e. The Hall–Kier alpha value is -2.21. The third kappa shape index (κ3) is 3.80. The van der Waals surface area contributed by atoms with Crippen LogP contribution in [0.15, 0.2) is 36.4 Å². The maximum atomic E-state index is 12.8. The van der Waals surface area contributed by atoms with E-state index in [2.05, 4.69) is 5.32 Å². The van der Waals surface area contributed by atoms with E-state index in [9.17, 15) is 13.2 Å². The first-order valence-electron chi connectivity index (χ1n) is 8.87. The number of halogens is 3. The van der Waals surface area contributed by atoms with Crippen LogP contribution < -0.4 is 14.8 Å². The lowest BCUT2D eigenvalue weighted by molar-refractivity contribution is -0.690. The van der Waals surface area contributed by atoms with Crippen LogP contribution in [0.4, 0.5) is 13.2 Å². The number of quaternary nitrogens is 1. The molecule has 0 fully saturated rings. The van der Waals surface area contributed by atoms with Gasteiger partial charge in [-0.15, -0.1) is 0 Å². The van der Waals surface area contributed by atoms with E-state index in [0.29, 0.717) is 19.0 Å². The van der Waals surface area contributed by atoms with Crippen LogP contribution in [-0.4, -0.2) is 19.8 Å². The van der Waals surface area contributed by atoms with E-state index in [-0.39, 0.29) is 6.04 Å². The van der Waals surface area contributed by atoms with E-state index in [4.69, 9.17) is 9.47 Å². The predicted molar refractivity (Wildman–Crippen MR) is 92.6 cm³/mol. The molecule has 26 heavy (non-hydrogen) atoms. The summed E-state index contributed by atoms with van der Waals surface area (Å²) in [4.78, 5) is 0. The van der Waals surface area contributed by atoms with Gasteiger partial charge in [-0.3, -0.25) is 0 Å². The number of rotatable bonds is 5. The summed E-state index contributed by atoms with van der Waals surface area (Å²) in [5.41, 5.74) is 2.46. The molecule has 140 valence electrons. The van der Waals surface area contributed by atoms with Crippen LogP contribution in [0.25, 0.3) is 0 Å². The summed E-state index contributed by atoms with van der Waals surface area (Å²) < 4.78 is 49.9. The second-order valence-corrected chi connectivity index (χ2v) is 6.24. The lowest BCUT2D eigenvalue weighted by Gasteiger charge is -2.26. The molecule has 1 heterocycles. The fourth-order valence-corrected chi connectivity index (χ4v) is 3.39. The Labute approximate surface area is 151 Å². The number of hydrogen-bond acceptors (Lipinski definition) is 2. The topological polar surface area (TPSA) is 35.1 Å². The minimum atomic E-state index is -4.32. The average Bonchev–Trinajstić information content (AvgIpc) is 2.61.